The lowest BCUT2D eigenvalue weighted by Gasteiger charge is -2.21. The van der Waals surface area contributed by atoms with Gasteiger partial charge < -0.3 is 5.32 Å². The van der Waals surface area contributed by atoms with Crippen LogP contribution in [-0.4, -0.2) is 20.6 Å². The van der Waals surface area contributed by atoms with Gasteiger partial charge in [0.15, 0.2) is 11.5 Å². The van der Waals surface area contributed by atoms with Crippen LogP contribution < -0.4 is 5.32 Å². The van der Waals surface area contributed by atoms with Gasteiger partial charge in [0.2, 0.25) is 0 Å². The predicted molar refractivity (Wildman–Crippen MR) is 80.6 cm³/mol. The van der Waals surface area contributed by atoms with Gasteiger partial charge in [0.05, 0.1) is 6.04 Å². The van der Waals surface area contributed by atoms with Gasteiger partial charge in [-0.3, -0.25) is 4.40 Å². The lowest BCUT2D eigenvalue weighted by molar-refractivity contribution is 0.398. The molecule has 20 heavy (non-hydrogen) atoms. The average molecular weight is 272 g/mol. The summed E-state index contributed by atoms with van der Waals surface area (Å²) < 4.78 is 2.08. The molecule has 1 N–H and O–H groups in total. The Hall–Kier alpha value is -1.42. The summed E-state index contributed by atoms with van der Waals surface area (Å²) >= 11 is 0. The van der Waals surface area contributed by atoms with Gasteiger partial charge in [0.25, 0.3) is 0 Å². The molecular formula is C16H24N4. The summed E-state index contributed by atoms with van der Waals surface area (Å²) in [5.41, 5.74) is 0.922. The molecule has 0 bridgehead atoms. The van der Waals surface area contributed by atoms with Crippen LogP contribution in [0.2, 0.25) is 0 Å². The van der Waals surface area contributed by atoms with E-state index in [2.05, 4.69) is 33.8 Å². The van der Waals surface area contributed by atoms with Gasteiger partial charge in [0, 0.05) is 12.2 Å². The highest BCUT2D eigenvalue weighted by Crippen LogP contribution is 2.24. The van der Waals surface area contributed by atoms with Crippen LogP contribution in [0.1, 0.15) is 57.8 Å². The fraction of sp³-hybridized carbons (Fsp3) is 0.625. The second-order valence-electron chi connectivity index (χ2n) is 6.19. The Bertz CT molecular complexity index is 562. The van der Waals surface area contributed by atoms with Crippen LogP contribution in [0.25, 0.3) is 5.65 Å². The molecule has 1 aliphatic rings. The Morgan fingerprint density at radius 1 is 1.20 bits per heavy atom. The standard InChI is InChI=1S/C16H24N4/c1-12-6-5-7-14(10-9-12)17-13(2)16-19-18-15-8-3-4-11-20(15)16/h3-4,8,11-14,17H,5-7,9-10H2,1-2H3. The summed E-state index contributed by atoms with van der Waals surface area (Å²) in [5.74, 6) is 1.89. The third-order valence-corrected chi connectivity index (χ3v) is 4.47. The van der Waals surface area contributed by atoms with E-state index >= 15 is 0 Å². The fourth-order valence-electron chi connectivity index (χ4n) is 3.24. The van der Waals surface area contributed by atoms with Crippen LogP contribution in [-0.2, 0) is 0 Å². The van der Waals surface area contributed by atoms with Crippen molar-refractivity contribution in [2.45, 2.75) is 58.0 Å². The lowest BCUT2D eigenvalue weighted by atomic mass is 10.0. The van der Waals surface area contributed by atoms with E-state index in [1.807, 2.05) is 24.4 Å². The van der Waals surface area contributed by atoms with Crippen LogP contribution in [0.15, 0.2) is 24.4 Å². The van der Waals surface area contributed by atoms with E-state index in [4.69, 9.17) is 0 Å². The quantitative estimate of drug-likeness (QED) is 0.871. The molecule has 1 saturated carbocycles. The number of pyridine rings is 1. The monoisotopic (exact) mass is 272 g/mol. The molecule has 3 rings (SSSR count). The van der Waals surface area contributed by atoms with Gasteiger partial charge in [-0.25, -0.2) is 0 Å². The van der Waals surface area contributed by atoms with E-state index in [0.29, 0.717) is 6.04 Å². The zero-order valence-corrected chi connectivity index (χ0v) is 12.4. The maximum Gasteiger partial charge on any atom is 0.160 e. The zero-order chi connectivity index (χ0) is 13.9. The molecule has 3 unspecified atom stereocenters. The smallest absolute Gasteiger partial charge is 0.160 e. The van der Waals surface area contributed by atoms with Crippen LogP contribution in [0.5, 0.6) is 0 Å². The van der Waals surface area contributed by atoms with Crippen LogP contribution in [0.4, 0.5) is 0 Å². The summed E-state index contributed by atoms with van der Waals surface area (Å²) in [5, 5.41) is 12.3. The van der Waals surface area contributed by atoms with E-state index < -0.39 is 0 Å². The van der Waals surface area contributed by atoms with Crippen molar-refractivity contribution >= 4 is 5.65 Å². The third kappa shape index (κ3) is 2.85. The number of rotatable bonds is 3. The lowest BCUT2D eigenvalue weighted by Crippen LogP contribution is -2.32. The molecular weight excluding hydrogens is 248 g/mol. The molecule has 0 aliphatic heterocycles. The molecule has 0 saturated heterocycles. The molecule has 2 aromatic rings. The third-order valence-electron chi connectivity index (χ3n) is 4.47. The van der Waals surface area contributed by atoms with Crippen molar-refractivity contribution in [1.82, 2.24) is 19.9 Å². The van der Waals surface area contributed by atoms with Crippen molar-refractivity contribution < 1.29 is 0 Å². The first-order chi connectivity index (χ1) is 9.74. The van der Waals surface area contributed by atoms with Crippen LogP contribution in [0.3, 0.4) is 0 Å². The summed E-state index contributed by atoms with van der Waals surface area (Å²) in [6, 6.07) is 6.88. The summed E-state index contributed by atoms with van der Waals surface area (Å²) in [7, 11) is 0. The minimum atomic E-state index is 0.241. The molecule has 1 fully saturated rings. The van der Waals surface area contributed by atoms with E-state index in [1.165, 1.54) is 32.1 Å². The van der Waals surface area contributed by atoms with Crippen LogP contribution in [0, 0.1) is 5.92 Å². The number of aromatic nitrogens is 3. The predicted octanol–water partition coefficient (Wildman–Crippen LogP) is 3.35. The average Bonchev–Trinajstić information content (AvgIpc) is 2.78. The van der Waals surface area contributed by atoms with Crippen molar-refractivity contribution in [1.29, 1.82) is 0 Å². The van der Waals surface area contributed by atoms with Gasteiger partial charge >= 0.3 is 0 Å². The van der Waals surface area contributed by atoms with Crippen LogP contribution >= 0.6 is 0 Å². The van der Waals surface area contributed by atoms with Crippen molar-refractivity contribution in [2.24, 2.45) is 5.92 Å². The molecule has 0 spiro atoms. The van der Waals surface area contributed by atoms with E-state index in [0.717, 1.165) is 17.4 Å². The number of hydrogen-bond donors (Lipinski definition) is 1. The molecule has 4 nitrogen and oxygen atoms in total. The Balaban J connectivity index is 1.71. The van der Waals surface area contributed by atoms with Crippen molar-refractivity contribution in [3.63, 3.8) is 0 Å². The van der Waals surface area contributed by atoms with E-state index in [1.54, 1.807) is 0 Å². The van der Waals surface area contributed by atoms with Gasteiger partial charge in [-0.1, -0.05) is 25.8 Å². The second kappa shape index (κ2) is 5.92. The normalized spacial score (nSPS) is 25.5. The highest BCUT2D eigenvalue weighted by atomic mass is 15.3. The Labute approximate surface area is 120 Å². The Morgan fingerprint density at radius 2 is 2.10 bits per heavy atom. The minimum absolute atomic E-state index is 0.241. The van der Waals surface area contributed by atoms with Gasteiger partial charge in [-0.2, -0.15) is 0 Å². The molecule has 1 aliphatic carbocycles. The van der Waals surface area contributed by atoms with Crippen molar-refractivity contribution in [3.8, 4) is 0 Å². The first-order valence-electron chi connectivity index (χ1n) is 7.80. The number of nitrogens with one attached hydrogen (secondary N) is 1. The molecule has 0 amide bonds. The summed E-state index contributed by atoms with van der Waals surface area (Å²) in [4.78, 5) is 0. The number of fused-ring (bicyclic) bond motifs is 1. The van der Waals surface area contributed by atoms with Gasteiger partial charge in [-0.05, 0) is 44.2 Å². The molecule has 0 aromatic carbocycles. The molecule has 2 heterocycles. The van der Waals surface area contributed by atoms with Gasteiger partial charge in [0.1, 0.15) is 0 Å². The SMILES string of the molecule is CC1CCCC(NC(C)c2nnc3ccccn23)CC1. The van der Waals surface area contributed by atoms with E-state index in [-0.39, 0.29) is 6.04 Å². The first kappa shape index (κ1) is 13.6. The van der Waals surface area contributed by atoms with Crippen molar-refractivity contribution in [3.05, 3.63) is 30.2 Å². The fourth-order valence-corrected chi connectivity index (χ4v) is 3.24. The van der Waals surface area contributed by atoms with E-state index in [9.17, 15) is 0 Å². The zero-order valence-electron chi connectivity index (χ0n) is 12.4. The number of hydrogen-bond acceptors (Lipinski definition) is 3. The second-order valence-corrected chi connectivity index (χ2v) is 6.19. The highest BCUT2D eigenvalue weighted by molar-refractivity contribution is 5.37. The Morgan fingerprint density at radius 3 is 3.00 bits per heavy atom. The molecule has 0 radical (unpaired) electrons. The minimum Gasteiger partial charge on any atom is -0.305 e. The molecule has 108 valence electrons. The maximum atomic E-state index is 4.35. The maximum absolute atomic E-state index is 4.35. The first-order valence-corrected chi connectivity index (χ1v) is 7.80. The summed E-state index contributed by atoms with van der Waals surface area (Å²) in [6.45, 7) is 4.57. The Kier molecular flexibility index (Phi) is 4.01. The molecule has 3 atom stereocenters. The largest absolute Gasteiger partial charge is 0.305 e. The topological polar surface area (TPSA) is 42.2 Å². The number of nitrogens with zero attached hydrogens (tertiary/aromatic N) is 3. The molecule has 2 aromatic heterocycles. The van der Waals surface area contributed by atoms with Crippen molar-refractivity contribution in [2.75, 3.05) is 0 Å². The highest BCUT2D eigenvalue weighted by Gasteiger charge is 2.20. The summed E-state index contributed by atoms with van der Waals surface area (Å²) in [6.07, 6.45) is 8.66. The van der Waals surface area contributed by atoms with Gasteiger partial charge in [-0.15, -0.1) is 10.2 Å². The molecule has 4 heteroatoms.